The Morgan fingerprint density at radius 2 is 2.00 bits per heavy atom. The minimum absolute atomic E-state index is 0.0159. The number of aromatic carboxylic acids is 1. The number of amides is 1. The van der Waals surface area contributed by atoms with Gasteiger partial charge in [0.25, 0.3) is 5.91 Å². The molecule has 6 nitrogen and oxygen atoms in total. The molecule has 1 aromatic heterocycles. The molecule has 1 heterocycles. The molecular formula is C14H14N2O4. The average Bonchev–Trinajstić information content (AvgIpc) is 2.43. The fourth-order valence-corrected chi connectivity index (χ4v) is 1.72. The van der Waals surface area contributed by atoms with Crippen LogP contribution < -0.4 is 4.74 Å². The van der Waals surface area contributed by atoms with Gasteiger partial charge in [-0.15, -0.1) is 0 Å². The molecule has 0 aliphatic heterocycles. The van der Waals surface area contributed by atoms with E-state index in [9.17, 15) is 14.7 Å². The third-order valence-corrected chi connectivity index (χ3v) is 2.80. The Kier molecular flexibility index (Phi) is 3.84. The van der Waals surface area contributed by atoms with Gasteiger partial charge in [0.05, 0.1) is 11.7 Å². The predicted molar refractivity (Wildman–Crippen MR) is 72.9 cm³/mol. The molecule has 0 bridgehead atoms. The van der Waals surface area contributed by atoms with Crippen LogP contribution in [0.1, 0.15) is 10.4 Å². The maximum Gasteiger partial charge on any atom is 0.340 e. The quantitative estimate of drug-likeness (QED) is 0.911. The molecule has 0 radical (unpaired) electrons. The summed E-state index contributed by atoms with van der Waals surface area (Å²) in [6.45, 7) is -0.229. The van der Waals surface area contributed by atoms with E-state index in [1.54, 1.807) is 38.4 Å². The second-order valence-electron chi connectivity index (χ2n) is 4.40. The molecule has 0 spiro atoms. The van der Waals surface area contributed by atoms with Gasteiger partial charge in [-0.05, 0) is 6.07 Å². The Morgan fingerprint density at radius 1 is 1.30 bits per heavy atom. The third kappa shape index (κ3) is 2.69. The van der Waals surface area contributed by atoms with Gasteiger partial charge < -0.3 is 14.7 Å². The Balaban J connectivity index is 2.40. The normalized spacial score (nSPS) is 10.3. The van der Waals surface area contributed by atoms with Gasteiger partial charge >= 0.3 is 5.97 Å². The fraction of sp³-hybridized carbons (Fsp3) is 0.214. The third-order valence-electron chi connectivity index (χ3n) is 2.80. The zero-order chi connectivity index (χ0) is 14.7. The van der Waals surface area contributed by atoms with Crippen molar-refractivity contribution in [2.75, 3.05) is 20.7 Å². The molecule has 2 aromatic rings. The van der Waals surface area contributed by atoms with Gasteiger partial charge in [-0.3, -0.25) is 9.78 Å². The maximum atomic E-state index is 11.5. The highest BCUT2D eigenvalue weighted by atomic mass is 16.5. The number of carbonyl (C=O) groups is 2. The summed E-state index contributed by atoms with van der Waals surface area (Å²) in [5.74, 6) is -1.28. The van der Waals surface area contributed by atoms with E-state index in [2.05, 4.69) is 4.98 Å². The van der Waals surface area contributed by atoms with Gasteiger partial charge in [0.15, 0.2) is 12.4 Å². The summed E-state index contributed by atoms with van der Waals surface area (Å²) < 4.78 is 5.30. The summed E-state index contributed by atoms with van der Waals surface area (Å²) in [6.07, 6.45) is 1.33. The summed E-state index contributed by atoms with van der Waals surface area (Å²) in [5, 5.41) is 9.82. The molecular weight excluding hydrogens is 260 g/mol. The van der Waals surface area contributed by atoms with Crippen LogP contribution in [0.25, 0.3) is 10.9 Å². The number of carboxylic acid groups (broad SMARTS) is 1. The number of para-hydroxylation sites is 1. The van der Waals surface area contributed by atoms with E-state index >= 15 is 0 Å². The smallest absolute Gasteiger partial charge is 0.340 e. The molecule has 20 heavy (non-hydrogen) atoms. The molecule has 0 unspecified atom stereocenters. The van der Waals surface area contributed by atoms with E-state index in [0.29, 0.717) is 10.9 Å². The van der Waals surface area contributed by atoms with Crippen LogP contribution in [-0.4, -0.2) is 47.6 Å². The summed E-state index contributed by atoms with van der Waals surface area (Å²) in [7, 11) is 3.20. The molecule has 0 aliphatic carbocycles. The predicted octanol–water partition coefficient (Wildman–Crippen LogP) is 1.40. The fourth-order valence-electron chi connectivity index (χ4n) is 1.72. The number of ether oxygens (including phenoxy) is 1. The lowest BCUT2D eigenvalue weighted by molar-refractivity contribution is -0.130. The molecule has 1 amide bonds. The minimum atomic E-state index is -1.11. The van der Waals surface area contributed by atoms with Gasteiger partial charge in [0.2, 0.25) is 0 Å². The molecule has 0 saturated carbocycles. The van der Waals surface area contributed by atoms with Crippen LogP contribution in [0.15, 0.2) is 30.5 Å². The van der Waals surface area contributed by atoms with Crippen molar-refractivity contribution in [3.63, 3.8) is 0 Å². The van der Waals surface area contributed by atoms with E-state index in [1.165, 1.54) is 11.1 Å². The Bertz CT molecular complexity index is 667. The number of nitrogens with zero attached hydrogens (tertiary/aromatic N) is 2. The first-order valence-corrected chi connectivity index (χ1v) is 5.94. The monoisotopic (exact) mass is 274 g/mol. The van der Waals surface area contributed by atoms with Crippen LogP contribution in [0.5, 0.6) is 5.75 Å². The average molecular weight is 274 g/mol. The first-order chi connectivity index (χ1) is 9.50. The Hall–Kier alpha value is -2.63. The molecule has 104 valence electrons. The standard InChI is InChI=1S/C14H14N2O4/c1-16(2)12(17)8-20-11-7-15-10-6-4-3-5-9(10)13(11)14(18)19/h3-7H,8H2,1-2H3,(H,18,19). The number of hydrogen-bond donors (Lipinski definition) is 1. The highest BCUT2D eigenvalue weighted by molar-refractivity contribution is 6.04. The van der Waals surface area contributed by atoms with Crippen molar-refractivity contribution >= 4 is 22.8 Å². The number of hydrogen-bond acceptors (Lipinski definition) is 4. The number of rotatable bonds is 4. The molecule has 1 aromatic carbocycles. The molecule has 0 atom stereocenters. The summed E-state index contributed by atoms with van der Waals surface area (Å²) in [6, 6.07) is 6.88. The van der Waals surface area contributed by atoms with Crippen molar-refractivity contribution in [1.82, 2.24) is 9.88 Å². The highest BCUT2D eigenvalue weighted by Gasteiger charge is 2.17. The van der Waals surface area contributed by atoms with Crippen molar-refractivity contribution < 1.29 is 19.4 Å². The van der Waals surface area contributed by atoms with Gasteiger partial charge in [-0.2, -0.15) is 0 Å². The van der Waals surface area contributed by atoms with E-state index in [1.807, 2.05) is 0 Å². The van der Waals surface area contributed by atoms with Gasteiger partial charge in [0.1, 0.15) is 5.56 Å². The van der Waals surface area contributed by atoms with E-state index < -0.39 is 5.97 Å². The zero-order valence-electron chi connectivity index (χ0n) is 11.2. The topological polar surface area (TPSA) is 79.7 Å². The molecule has 0 saturated heterocycles. The van der Waals surface area contributed by atoms with Crippen LogP contribution in [-0.2, 0) is 4.79 Å². The van der Waals surface area contributed by atoms with Crippen molar-refractivity contribution in [1.29, 1.82) is 0 Å². The number of carboxylic acids is 1. The van der Waals surface area contributed by atoms with Crippen LogP contribution in [0.3, 0.4) is 0 Å². The second-order valence-corrected chi connectivity index (χ2v) is 4.40. The summed E-state index contributed by atoms with van der Waals surface area (Å²) >= 11 is 0. The van der Waals surface area contributed by atoms with Crippen LogP contribution in [0.4, 0.5) is 0 Å². The van der Waals surface area contributed by atoms with E-state index in [-0.39, 0.29) is 23.8 Å². The van der Waals surface area contributed by atoms with E-state index in [0.717, 1.165) is 0 Å². The lowest BCUT2D eigenvalue weighted by atomic mass is 10.1. The van der Waals surface area contributed by atoms with Crippen LogP contribution in [0.2, 0.25) is 0 Å². The number of likely N-dealkylation sites (N-methyl/N-ethyl adjacent to an activating group) is 1. The second kappa shape index (κ2) is 5.56. The number of pyridine rings is 1. The zero-order valence-corrected chi connectivity index (χ0v) is 11.2. The van der Waals surface area contributed by atoms with Gasteiger partial charge in [-0.1, -0.05) is 18.2 Å². The van der Waals surface area contributed by atoms with Crippen molar-refractivity contribution in [2.24, 2.45) is 0 Å². The number of aromatic nitrogens is 1. The van der Waals surface area contributed by atoms with Gasteiger partial charge in [0, 0.05) is 19.5 Å². The number of fused-ring (bicyclic) bond motifs is 1. The summed E-state index contributed by atoms with van der Waals surface area (Å²) in [4.78, 5) is 28.4. The molecule has 2 rings (SSSR count). The van der Waals surface area contributed by atoms with Gasteiger partial charge in [-0.25, -0.2) is 4.79 Å². The first kappa shape index (κ1) is 13.8. The lowest BCUT2D eigenvalue weighted by Crippen LogP contribution is -2.27. The maximum absolute atomic E-state index is 11.5. The van der Waals surface area contributed by atoms with Crippen molar-refractivity contribution in [3.8, 4) is 5.75 Å². The number of carbonyl (C=O) groups excluding carboxylic acids is 1. The molecule has 0 aliphatic rings. The van der Waals surface area contributed by atoms with Crippen molar-refractivity contribution in [2.45, 2.75) is 0 Å². The SMILES string of the molecule is CN(C)C(=O)COc1cnc2ccccc2c1C(=O)O. The Morgan fingerprint density at radius 3 is 2.65 bits per heavy atom. The van der Waals surface area contributed by atoms with Crippen LogP contribution >= 0.6 is 0 Å². The van der Waals surface area contributed by atoms with E-state index in [4.69, 9.17) is 4.74 Å². The molecule has 1 N–H and O–H groups in total. The van der Waals surface area contributed by atoms with Crippen LogP contribution in [0, 0.1) is 0 Å². The molecule has 6 heteroatoms. The molecule has 0 fully saturated rings. The first-order valence-electron chi connectivity index (χ1n) is 5.94. The Labute approximate surface area is 115 Å². The minimum Gasteiger partial charge on any atom is -0.481 e. The largest absolute Gasteiger partial charge is 0.481 e. The highest BCUT2D eigenvalue weighted by Crippen LogP contribution is 2.26. The number of benzene rings is 1. The van der Waals surface area contributed by atoms with Crippen molar-refractivity contribution in [3.05, 3.63) is 36.0 Å². The lowest BCUT2D eigenvalue weighted by Gasteiger charge is -2.13. The summed E-state index contributed by atoms with van der Waals surface area (Å²) in [5.41, 5.74) is 0.582.